The third kappa shape index (κ3) is 61.7. The van der Waals surface area contributed by atoms with Gasteiger partial charge in [0, 0.05) is 12.8 Å². The molecule has 0 aromatic rings. The topological polar surface area (TPSA) is 95.9 Å². The van der Waals surface area contributed by atoms with Crippen molar-refractivity contribution < 1.29 is 24.5 Å². The Hall–Kier alpha value is -1.40. The lowest BCUT2D eigenvalue weighted by Crippen LogP contribution is -2.45. The van der Waals surface area contributed by atoms with E-state index in [-0.39, 0.29) is 18.5 Å². The molecule has 0 spiro atoms. The number of hydrogen-bond donors (Lipinski definition) is 3. The zero-order valence-corrected chi connectivity index (χ0v) is 51.1. The van der Waals surface area contributed by atoms with Gasteiger partial charge >= 0.3 is 5.97 Å². The van der Waals surface area contributed by atoms with Gasteiger partial charge in [-0.15, -0.1) is 0 Å². The first kappa shape index (κ1) is 73.6. The average Bonchev–Trinajstić information content (AvgIpc) is 3.41. The van der Waals surface area contributed by atoms with Crippen LogP contribution in [0.4, 0.5) is 0 Å². The molecule has 0 aromatic carbocycles. The number of rotatable bonds is 65. The summed E-state index contributed by atoms with van der Waals surface area (Å²) in [6, 6.07) is -0.541. The molecule has 75 heavy (non-hydrogen) atoms. The van der Waals surface area contributed by atoms with Gasteiger partial charge < -0.3 is 20.3 Å². The maximum atomic E-state index is 12.5. The van der Waals surface area contributed by atoms with E-state index in [0.717, 1.165) is 44.9 Å². The third-order valence-corrected chi connectivity index (χ3v) is 16.3. The predicted octanol–water partition coefficient (Wildman–Crippen LogP) is 22.0. The lowest BCUT2D eigenvalue weighted by Gasteiger charge is -2.22. The molecule has 0 bridgehead atoms. The minimum Gasteiger partial charge on any atom is -0.466 e. The number of carbonyl (C=O) groups excluding carboxylic acids is 2. The van der Waals surface area contributed by atoms with Crippen molar-refractivity contribution in [3.63, 3.8) is 0 Å². The fourth-order valence-electron chi connectivity index (χ4n) is 11.1. The number of aliphatic hydroxyl groups excluding tert-OH is 2. The molecular weight excluding hydrogens is 923 g/mol. The summed E-state index contributed by atoms with van der Waals surface area (Å²) in [6.45, 7) is 4.98. The predicted molar refractivity (Wildman–Crippen MR) is 329 cm³/mol. The van der Waals surface area contributed by atoms with Gasteiger partial charge in [-0.05, 0) is 51.4 Å². The molecule has 6 nitrogen and oxygen atoms in total. The van der Waals surface area contributed by atoms with Crippen molar-refractivity contribution in [3.8, 4) is 0 Å². The first-order valence-corrected chi connectivity index (χ1v) is 34.4. The van der Waals surface area contributed by atoms with E-state index in [1.807, 2.05) is 0 Å². The monoisotopic (exact) mass is 1060 g/mol. The lowest BCUT2D eigenvalue weighted by atomic mass is 10.0. The molecule has 2 unspecified atom stereocenters. The summed E-state index contributed by atoms with van der Waals surface area (Å²) in [5.41, 5.74) is 0. The van der Waals surface area contributed by atoms with Crippen LogP contribution in [0.15, 0.2) is 12.2 Å². The summed E-state index contributed by atoms with van der Waals surface area (Å²) in [6.07, 6.45) is 79.6. The molecule has 0 aliphatic carbocycles. The molecule has 0 heterocycles. The molecule has 0 aliphatic heterocycles. The number of ether oxygens (including phenoxy) is 1. The summed E-state index contributed by atoms with van der Waals surface area (Å²) in [7, 11) is 0. The van der Waals surface area contributed by atoms with Crippen molar-refractivity contribution in [2.45, 2.75) is 405 Å². The van der Waals surface area contributed by atoms with E-state index in [9.17, 15) is 19.8 Å². The second-order valence-electron chi connectivity index (χ2n) is 23.9. The van der Waals surface area contributed by atoms with E-state index < -0.39 is 12.1 Å². The molecule has 2 atom stereocenters. The number of unbranched alkanes of at least 4 members (excludes halogenated alkanes) is 52. The van der Waals surface area contributed by atoms with Crippen LogP contribution in [0.1, 0.15) is 393 Å². The Bertz CT molecular complexity index is 1130. The largest absolute Gasteiger partial charge is 0.466 e. The van der Waals surface area contributed by atoms with E-state index in [2.05, 4.69) is 31.3 Å². The number of hydrogen-bond acceptors (Lipinski definition) is 5. The summed E-state index contributed by atoms with van der Waals surface area (Å²) < 4.78 is 5.48. The highest BCUT2D eigenvalue weighted by atomic mass is 16.5. The van der Waals surface area contributed by atoms with Gasteiger partial charge in [0.1, 0.15) is 0 Å². The molecule has 0 rings (SSSR count). The molecule has 1 amide bonds. The van der Waals surface area contributed by atoms with Crippen LogP contribution in [0.2, 0.25) is 0 Å². The van der Waals surface area contributed by atoms with Crippen molar-refractivity contribution in [1.29, 1.82) is 0 Å². The Morgan fingerprint density at radius 1 is 0.360 bits per heavy atom. The van der Waals surface area contributed by atoms with Crippen LogP contribution in [-0.2, 0) is 14.3 Å². The van der Waals surface area contributed by atoms with Crippen LogP contribution in [0.25, 0.3) is 0 Å². The molecule has 446 valence electrons. The van der Waals surface area contributed by atoms with Gasteiger partial charge in [-0.2, -0.15) is 0 Å². The van der Waals surface area contributed by atoms with Crippen LogP contribution in [0.5, 0.6) is 0 Å². The lowest BCUT2D eigenvalue weighted by molar-refractivity contribution is -0.143. The maximum Gasteiger partial charge on any atom is 0.305 e. The number of esters is 1. The minimum atomic E-state index is -0.664. The van der Waals surface area contributed by atoms with E-state index in [4.69, 9.17) is 4.74 Å². The van der Waals surface area contributed by atoms with E-state index in [0.29, 0.717) is 25.9 Å². The van der Waals surface area contributed by atoms with Gasteiger partial charge in [0.25, 0.3) is 0 Å². The molecule has 0 aliphatic rings. The van der Waals surface area contributed by atoms with Crippen LogP contribution in [0, 0.1) is 0 Å². The van der Waals surface area contributed by atoms with Gasteiger partial charge in [-0.3, -0.25) is 9.59 Å². The standard InChI is InChI=1S/C69H135NO5/c1-3-5-7-9-11-13-15-17-19-20-21-28-31-34-37-41-45-49-53-57-61-67(72)66(65-71)70-68(73)62-58-54-50-46-42-38-35-32-29-26-24-22-23-25-27-30-33-36-40-44-48-52-56-60-64-75-69(74)63-59-55-51-47-43-39-18-16-14-12-10-8-6-4-2/h16,18,66-67,71-72H,3-15,17,19-65H2,1-2H3,(H,70,73)/b18-16-. The molecule has 0 saturated carbocycles. The second kappa shape index (κ2) is 65.1. The second-order valence-corrected chi connectivity index (χ2v) is 23.9. The first-order valence-electron chi connectivity index (χ1n) is 34.4. The number of nitrogens with one attached hydrogen (secondary N) is 1. The molecule has 0 fully saturated rings. The normalized spacial score (nSPS) is 12.5. The van der Waals surface area contributed by atoms with E-state index in [1.165, 1.54) is 315 Å². The maximum absolute atomic E-state index is 12.5. The van der Waals surface area contributed by atoms with Crippen LogP contribution >= 0.6 is 0 Å². The number of aliphatic hydroxyl groups is 2. The molecule has 3 N–H and O–H groups in total. The Labute approximate surface area is 469 Å². The van der Waals surface area contributed by atoms with Crippen molar-refractivity contribution >= 4 is 11.9 Å². The van der Waals surface area contributed by atoms with Crippen molar-refractivity contribution in [1.82, 2.24) is 5.32 Å². The number of allylic oxidation sites excluding steroid dienone is 2. The molecule has 6 heteroatoms. The van der Waals surface area contributed by atoms with Gasteiger partial charge in [0.05, 0.1) is 25.4 Å². The average molecular weight is 1060 g/mol. The Morgan fingerprint density at radius 3 is 0.947 bits per heavy atom. The zero-order chi connectivity index (χ0) is 54.3. The van der Waals surface area contributed by atoms with Crippen molar-refractivity contribution in [2.75, 3.05) is 13.2 Å². The smallest absolute Gasteiger partial charge is 0.305 e. The minimum absolute atomic E-state index is 0.00796. The van der Waals surface area contributed by atoms with E-state index in [1.54, 1.807) is 0 Å². The highest BCUT2D eigenvalue weighted by Crippen LogP contribution is 2.19. The fraction of sp³-hybridized carbons (Fsp3) is 0.942. The van der Waals surface area contributed by atoms with Crippen LogP contribution in [-0.4, -0.2) is 47.4 Å². The SMILES string of the molecule is CCCCCCC/C=C\CCCCCCCC(=O)OCCCCCCCCCCCCCCCCCCCCCCCCCCC(=O)NC(CO)C(O)CCCCCCCCCCCCCCCCCCCCCC. The van der Waals surface area contributed by atoms with Gasteiger partial charge in [0.2, 0.25) is 5.91 Å². The summed E-state index contributed by atoms with van der Waals surface area (Å²) >= 11 is 0. The van der Waals surface area contributed by atoms with Crippen molar-refractivity contribution in [2.24, 2.45) is 0 Å². The van der Waals surface area contributed by atoms with Gasteiger partial charge in [0.15, 0.2) is 0 Å². The van der Waals surface area contributed by atoms with Gasteiger partial charge in [-0.25, -0.2) is 0 Å². The highest BCUT2D eigenvalue weighted by molar-refractivity contribution is 5.76. The highest BCUT2D eigenvalue weighted by Gasteiger charge is 2.20. The Morgan fingerprint density at radius 2 is 0.627 bits per heavy atom. The first-order chi connectivity index (χ1) is 37.0. The zero-order valence-electron chi connectivity index (χ0n) is 51.1. The Balaban J connectivity index is 3.36. The quantitative estimate of drug-likeness (QED) is 0.0320. The van der Waals surface area contributed by atoms with Crippen LogP contribution in [0.3, 0.4) is 0 Å². The third-order valence-electron chi connectivity index (χ3n) is 16.3. The number of carbonyl (C=O) groups is 2. The fourth-order valence-corrected chi connectivity index (χ4v) is 11.1. The van der Waals surface area contributed by atoms with Gasteiger partial charge in [-0.1, -0.05) is 341 Å². The molecular formula is C69H135NO5. The number of amides is 1. The summed E-state index contributed by atoms with van der Waals surface area (Å²) in [5.74, 6) is -0.0214. The van der Waals surface area contributed by atoms with E-state index >= 15 is 0 Å². The Kier molecular flexibility index (Phi) is 63.9. The molecule has 0 saturated heterocycles. The molecule has 0 radical (unpaired) electrons. The van der Waals surface area contributed by atoms with Crippen molar-refractivity contribution in [3.05, 3.63) is 12.2 Å². The summed E-state index contributed by atoms with van der Waals surface area (Å²) in [5, 5.41) is 23.4. The summed E-state index contributed by atoms with van der Waals surface area (Å²) in [4.78, 5) is 24.6. The van der Waals surface area contributed by atoms with Crippen LogP contribution < -0.4 is 5.32 Å². The molecule has 0 aromatic heterocycles.